The smallest absolute Gasteiger partial charge is 0.227 e. The van der Waals surface area contributed by atoms with E-state index in [2.05, 4.69) is 0 Å². The molecule has 5 heteroatoms. The summed E-state index contributed by atoms with van der Waals surface area (Å²) in [5.41, 5.74) is 6.45. The van der Waals surface area contributed by atoms with Gasteiger partial charge in [-0.05, 0) is 31.5 Å². The van der Waals surface area contributed by atoms with Crippen LogP contribution >= 0.6 is 0 Å². The first kappa shape index (κ1) is 16.3. The molecule has 0 atom stereocenters. The number of methoxy groups -OCH3 is 2. The standard InChI is InChI=1S/C15H24N2O3/c1-11(2)17(8-7-16)15(18)10-12-5-6-13(19-3)14(9-12)20-4/h5-6,9,11H,7-8,10,16H2,1-4H3. The number of carbonyl (C=O) groups excluding carboxylic acids is 1. The molecule has 0 aliphatic heterocycles. The van der Waals surface area contributed by atoms with Crippen LogP contribution in [-0.2, 0) is 11.2 Å². The SMILES string of the molecule is COc1ccc(CC(=O)N(CCN)C(C)C)cc1OC. The zero-order valence-electron chi connectivity index (χ0n) is 12.7. The maximum Gasteiger partial charge on any atom is 0.227 e. The van der Waals surface area contributed by atoms with E-state index < -0.39 is 0 Å². The molecule has 0 bridgehead atoms. The predicted octanol–water partition coefficient (Wildman–Crippen LogP) is 1.44. The van der Waals surface area contributed by atoms with E-state index in [1.807, 2.05) is 32.0 Å². The lowest BCUT2D eigenvalue weighted by atomic mass is 10.1. The van der Waals surface area contributed by atoms with Crippen LogP contribution in [0.4, 0.5) is 0 Å². The van der Waals surface area contributed by atoms with E-state index in [-0.39, 0.29) is 11.9 Å². The van der Waals surface area contributed by atoms with Crippen LogP contribution in [-0.4, -0.2) is 44.2 Å². The number of rotatable bonds is 7. The van der Waals surface area contributed by atoms with Gasteiger partial charge in [-0.1, -0.05) is 6.07 Å². The fourth-order valence-electron chi connectivity index (χ4n) is 2.08. The highest BCUT2D eigenvalue weighted by Gasteiger charge is 2.17. The number of ether oxygens (including phenoxy) is 2. The third kappa shape index (κ3) is 4.13. The quantitative estimate of drug-likeness (QED) is 0.821. The highest BCUT2D eigenvalue weighted by molar-refractivity contribution is 5.79. The third-order valence-corrected chi connectivity index (χ3v) is 3.12. The molecule has 0 aromatic heterocycles. The van der Waals surface area contributed by atoms with Crippen LogP contribution in [0.2, 0.25) is 0 Å². The van der Waals surface area contributed by atoms with Crippen LogP contribution in [0.1, 0.15) is 19.4 Å². The lowest BCUT2D eigenvalue weighted by Crippen LogP contribution is -2.41. The summed E-state index contributed by atoms with van der Waals surface area (Å²) in [6, 6.07) is 5.66. The maximum absolute atomic E-state index is 12.3. The van der Waals surface area contributed by atoms with Gasteiger partial charge < -0.3 is 20.1 Å². The topological polar surface area (TPSA) is 64.8 Å². The summed E-state index contributed by atoms with van der Waals surface area (Å²) in [6.45, 7) is 5.02. The monoisotopic (exact) mass is 280 g/mol. The lowest BCUT2D eigenvalue weighted by molar-refractivity contribution is -0.132. The van der Waals surface area contributed by atoms with Gasteiger partial charge in [0, 0.05) is 19.1 Å². The first-order valence-corrected chi connectivity index (χ1v) is 6.73. The van der Waals surface area contributed by atoms with Gasteiger partial charge in [-0.3, -0.25) is 4.79 Å². The van der Waals surface area contributed by atoms with Crippen molar-refractivity contribution in [3.63, 3.8) is 0 Å². The Morgan fingerprint density at radius 2 is 1.90 bits per heavy atom. The van der Waals surface area contributed by atoms with Gasteiger partial charge in [0.15, 0.2) is 11.5 Å². The lowest BCUT2D eigenvalue weighted by Gasteiger charge is -2.26. The van der Waals surface area contributed by atoms with Gasteiger partial charge in [0.1, 0.15) is 0 Å². The fraction of sp³-hybridized carbons (Fsp3) is 0.533. The Morgan fingerprint density at radius 3 is 2.40 bits per heavy atom. The molecule has 0 fully saturated rings. The van der Waals surface area contributed by atoms with Crippen molar-refractivity contribution in [2.45, 2.75) is 26.3 Å². The van der Waals surface area contributed by atoms with Crippen LogP contribution in [0.3, 0.4) is 0 Å². The number of hydrogen-bond donors (Lipinski definition) is 1. The van der Waals surface area contributed by atoms with Crippen molar-refractivity contribution in [3.05, 3.63) is 23.8 Å². The minimum atomic E-state index is 0.0673. The fourth-order valence-corrected chi connectivity index (χ4v) is 2.08. The molecule has 5 nitrogen and oxygen atoms in total. The Morgan fingerprint density at radius 1 is 1.25 bits per heavy atom. The average Bonchev–Trinajstić information content (AvgIpc) is 2.43. The number of hydrogen-bond acceptors (Lipinski definition) is 4. The van der Waals surface area contributed by atoms with Gasteiger partial charge in [0.2, 0.25) is 5.91 Å². The molecule has 0 spiro atoms. The van der Waals surface area contributed by atoms with Gasteiger partial charge in [-0.25, -0.2) is 0 Å². The summed E-state index contributed by atoms with van der Waals surface area (Å²) in [5, 5.41) is 0. The molecule has 1 amide bonds. The van der Waals surface area contributed by atoms with E-state index in [1.165, 1.54) is 0 Å². The molecule has 20 heavy (non-hydrogen) atoms. The molecule has 112 valence electrons. The van der Waals surface area contributed by atoms with Crippen LogP contribution in [0.25, 0.3) is 0 Å². The molecule has 0 heterocycles. The zero-order valence-corrected chi connectivity index (χ0v) is 12.7. The van der Waals surface area contributed by atoms with Gasteiger partial charge in [-0.2, -0.15) is 0 Å². The number of benzene rings is 1. The number of nitrogens with two attached hydrogens (primary N) is 1. The van der Waals surface area contributed by atoms with Crippen LogP contribution in [0, 0.1) is 0 Å². The normalized spacial score (nSPS) is 10.5. The van der Waals surface area contributed by atoms with Crippen molar-refractivity contribution in [1.29, 1.82) is 0 Å². The Bertz CT molecular complexity index is 447. The van der Waals surface area contributed by atoms with E-state index in [9.17, 15) is 4.79 Å². The van der Waals surface area contributed by atoms with Gasteiger partial charge in [-0.15, -0.1) is 0 Å². The van der Waals surface area contributed by atoms with E-state index in [4.69, 9.17) is 15.2 Å². The van der Waals surface area contributed by atoms with Crippen molar-refractivity contribution in [3.8, 4) is 11.5 Å². The Balaban J connectivity index is 2.84. The second-order valence-corrected chi connectivity index (χ2v) is 4.84. The van der Waals surface area contributed by atoms with E-state index >= 15 is 0 Å². The molecule has 1 aromatic carbocycles. The molecular weight excluding hydrogens is 256 g/mol. The van der Waals surface area contributed by atoms with Crippen molar-refractivity contribution in [1.82, 2.24) is 4.90 Å². The van der Waals surface area contributed by atoms with Crippen molar-refractivity contribution in [2.75, 3.05) is 27.3 Å². The molecule has 0 saturated carbocycles. The highest BCUT2D eigenvalue weighted by atomic mass is 16.5. The molecule has 1 rings (SSSR count). The van der Waals surface area contributed by atoms with Crippen LogP contribution in [0.15, 0.2) is 18.2 Å². The molecule has 0 radical (unpaired) electrons. The van der Waals surface area contributed by atoms with Crippen LogP contribution in [0.5, 0.6) is 11.5 Å². The molecule has 0 aliphatic carbocycles. The Hall–Kier alpha value is -1.75. The Kier molecular flexibility index (Phi) is 6.31. The number of nitrogens with zero attached hydrogens (tertiary/aromatic N) is 1. The molecule has 2 N–H and O–H groups in total. The third-order valence-electron chi connectivity index (χ3n) is 3.12. The second-order valence-electron chi connectivity index (χ2n) is 4.84. The largest absolute Gasteiger partial charge is 0.493 e. The summed E-state index contributed by atoms with van der Waals surface area (Å²) < 4.78 is 10.4. The first-order valence-electron chi connectivity index (χ1n) is 6.73. The van der Waals surface area contributed by atoms with Gasteiger partial charge in [0.05, 0.1) is 20.6 Å². The summed E-state index contributed by atoms with van der Waals surface area (Å²) in [5.74, 6) is 1.36. The van der Waals surface area contributed by atoms with Gasteiger partial charge in [0.25, 0.3) is 0 Å². The van der Waals surface area contributed by atoms with Crippen LogP contribution < -0.4 is 15.2 Å². The molecule has 0 saturated heterocycles. The van der Waals surface area contributed by atoms with E-state index in [0.717, 1.165) is 5.56 Å². The Labute approximate surface area is 120 Å². The van der Waals surface area contributed by atoms with E-state index in [0.29, 0.717) is 31.0 Å². The van der Waals surface area contributed by atoms with Gasteiger partial charge >= 0.3 is 0 Å². The summed E-state index contributed by atoms with van der Waals surface area (Å²) >= 11 is 0. The van der Waals surface area contributed by atoms with Crippen molar-refractivity contribution < 1.29 is 14.3 Å². The molecular formula is C15H24N2O3. The van der Waals surface area contributed by atoms with E-state index in [1.54, 1.807) is 19.1 Å². The minimum Gasteiger partial charge on any atom is -0.493 e. The second kappa shape index (κ2) is 7.75. The summed E-state index contributed by atoms with van der Waals surface area (Å²) in [4.78, 5) is 14.1. The first-order chi connectivity index (χ1) is 9.53. The highest BCUT2D eigenvalue weighted by Crippen LogP contribution is 2.27. The predicted molar refractivity (Wildman–Crippen MR) is 79.2 cm³/mol. The summed E-state index contributed by atoms with van der Waals surface area (Å²) in [7, 11) is 3.17. The molecule has 0 aliphatic rings. The summed E-state index contributed by atoms with van der Waals surface area (Å²) in [6.07, 6.45) is 0.332. The number of carbonyl (C=O) groups is 1. The minimum absolute atomic E-state index is 0.0673. The number of amides is 1. The van der Waals surface area contributed by atoms with Crippen molar-refractivity contribution in [2.24, 2.45) is 5.73 Å². The average molecular weight is 280 g/mol. The molecule has 0 unspecified atom stereocenters. The maximum atomic E-state index is 12.3. The molecule has 1 aromatic rings. The van der Waals surface area contributed by atoms with Crippen molar-refractivity contribution >= 4 is 5.91 Å². The zero-order chi connectivity index (χ0) is 15.1.